The summed E-state index contributed by atoms with van der Waals surface area (Å²) in [5, 5.41) is 15.5. The maximum absolute atomic E-state index is 13.5. The van der Waals surface area contributed by atoms with Crippen LogP contribution in [0.5, 0.6) is 0 Å². The van der Waals surface area contributed by atoms with Gasteiger partial charge in [0, 0.05) is 12.5 Å². The number of carboxylic acids is 1. The van der Waals surface area contributed by atoms with Crippen LogP contribution in [0.4, 0.5) is 4.79 Å². The van der Waals surface area contributed by atoms with Gasteiger partial charge in [-0.05, 0) is 47.6 Å². The molecule has 8 nitrogen and oxygen atoms in total. The third kappa shape index (κ3) is 6.49. The second-order valence-electron chi connectivity index (χ2n) is 11.3. The molecule has 2 aliphatic rings. The van der Waals surface area contributed by atoms with Gasteiger partial charge in [0.15, 0.2) is 0 Å². The zero-order valence-corrected chi connectivity index (χ0v) is 23.9. The number of rotatable bonds is 11. The van der Waals surface area contributed by atoms with Gasteiger partial charge in [0.1, 0.15) is 12.6 Å². The Morgan fingerprint density at radius 3 is 2.10 bits per heavy atom. The van der Waals surface area contributed by atoms with Crippen molar-refractivity contribution in [2.75, 3.05) is 13.2 Å². The van der Waals surface area contributed by atoms with E-state index < -0.39 is 35.5 Å². The van der Waals surface area contributed by atoms with Crippen LogP contribution >= 0.6 is 0 Å². The standard InChI is InChI=1S/C34H38N2O6/c1-23(41-20-24-12-4-2-5-13-24)30(31(37)35-22-34(32(38)39)18-10-3-11-19-34)36-33(40)42-21-29-27-16-8-6-14-25(27)26-15-7-9-17-28(26)29/h2,4-9,12-17,23,29-30H,3,10-11,18-22H2,1H3,(H,35,37)(H,36,40)(H,38,39)/t23-,30+/m0/s1. The molecule has 8 heteroatoms. The predicted molar refractivity (Wildman–Crippen MR) is 159 cm³/mol. The van der Waals surface area contributed by atoms with Crippen LogP contribution in [-0.2, 0) is 25.7 Å². The molecule has 2 aliphatic carbocycles. The lowest BCUT2D eigenvalue weighted by molar-refractivity contribution is -0.151. The Hall–Kier alpha value is -4.17. The van der Waals surface area contributed by atoms with E-state index in [1.807, 2.05) is 66.7 Å². The first-order chi connectivity index (χ1) is 20.4. The van der Waals surface area contributed by atoms with E-state index >= 15 is 0 Å². The summed E-state index contributed by atoms with van der Waals surface area (Å²) in [6.45, 7) is 2.06. The Bertz CT molecular complexity index is 1360. The van der Waals surface area contributed by atoms with E-state index in [1.165, 1.54) is 0 Å². The van der Waals surface area contributed by atoms with Crippen molar-refractivity contribution in [2.45, 2.75) is 63.7 Å². The van der Waals surface area contributed by atoms with Crippen molar-refractivity contribution in [3.63, 3.8) is 0 Å². The molecule has 2 amide bonds. The van der Waals surface area contributed by atoms with Gasteiger partial charge in [0.25, 0.3) is 0 Å². The Kier molecular flexibility index (Phi) is 9.22. The van der Waals surface area contributed by atoms with Crippen molar-refractivity contribution < 1.29 is 29.0 Å². The molecule has 220 valence electrons. The van der Waals surface area contributed by atoms with Crippen LogP contribution in [0.2, 0.25) is 0 Å². The van der Waals surface area contributed by atoms with E-state index in [0.29, 0.717) is 12.8 Å². The van der Waals surface area contributed by atoms with E-state index in [2.05, 4.69) is 22.8 Å². The van der Waals surface area contributed by atoms with Crippen molar-refractivity contribution in [3.05, 3.63) is 95.6 Å². The highest BCUT2D eigenvalue weighted by atomic mass is 16.5. The van der Waals surface area contributed by atoms with E-state index in [9.17, 15) is 19.5 Å². The molecule has 5 rings (SSSR count). The van der Waals surface area contributed by atoms with E-state index in [0.717, 1.165) is 47.1 Å². The molecule has 0 aliphatic heterocycles. The van der Waals surface area contributed by atoms with Gasteiger partial charge in [-0.3, -0.25) is 9.59 Å². The first kappa shape index (κ1) is 29.3. The van der Waals surface area contributed by atoms with Crippen LogP contribution in [-0.4, -0.2) is 48.4 Å². The quantitative estimate of drug-likeness (QED) is 0.275. The summed E-state index contributed by atoms with van der Waals surface area (Å²) in [5.41, 5.74) is 4.35. The zero-order chi connectivity index (χ0) is 29.5. The number of carboxylic acid groups (broad SMARTS) is 1. The fourth-order valence-corrected chi connectivity index (χ4v) is 6.12. The van der Waals surface area contributed by atoms with Gasteiger partial charge in [0.2, 0.25) is 5.91 Å². The minimum atomic E-state index is -1.08. The molecule has 3 N–H and O–H groups in total. The molecule has 1 saturated carbocycles. The highest BCUT2D eigenvalue weighted by molar-refractivity contribution is 5.87. The second-order valence-corrected chi connectivity index (χ2v) is 11.3. The number of fused-ring (bicyclic) bond motifs is 3. The highest BCUT2D eigenvalue weighted by Crippen LogP contribution is 2.44. The molecule has 0 spiro atoms. The number of ether oxygens (including phenoxy) is 2. The van der Waals surface area contributed by atoms with Gasteiger partial charge in [-0.15, -0.1) is 0 Å². The summed E-state index contributed by atoms with van der Waals surface area (Å²) in [4.78, 5) is 38.8. The van der Waals surface area contributed by atoms with Crippen molar-refractivity contribution in [1.82, 2.24) is 10.6 Å². The largest absolute Gasteiger partial charge is 0.481 e. The van der Waals surface area contributed by atoms with E-state index in [4.69, 9.17) is 9.47 Å². The third-order valence-electron chi connectivity index (χ3n) is 8.59. The van der Waals surface area contributed by atoms with Crippen molar-refractivity contribution in [3.8, 4) is 11.1 Å². The van der Waals surface area contributed by atoms with Gasteiger partial charge in [-0.1, -0.05) is 98.1 Å². The minimum Gasteiger partial charge on any atom is -0.481 e. The molecule has 1 fully saturated rings. The smallest absolute Gasteiger partial charge is 0.407 e. The zero-order valence-electron chi connectivity index (χ0n) is 23.9. The monoisotopic (exact) mass is 570 g/mol. The molecule has 0 heterocycles. The first-order valence-corrected chi connectivity index (χ1v) is 14.7. The Morgan fingerprint density at radius 1 is 0.881 bits per heavy atom. The molecule has 3 aromatic carbocycles. The van der Waals surface area contributed by atoms with Gasteiger partial charge in [0.05, 0.1) is 18.1 Å². The van der Waals surface area contributed by atoms with E-state index in [1.54, 1.807) is 6.92 Å². The van der Waals surface area contributed by atoms with Gasteiger partial charge in [-0.25, -0.2) is 4.79 Å². The topological polar surface area (TPSA) is 114 Å². The number of hydrogen-bond donors (Lipinski definition) is 3. The average molecular weight is 571 g/mol. The normalized spacial score (nSPS) is 16.9. The molecular weight excluding hydrogens is 532 g/mol. The van der Waals surface area contributed by atoms with Gasteiger partial charge in [-0.2, -0.15) is 0 Å². The van der Waals surface area contributed by atoms with Crippen LogP contribution in [0.25, 0.3) is 11.1 Å². The molecule has 2 atom stereocenters. The lowest BCUT2D eigenvalue weighted by atomic mass is 9.74. The number of carbonyl (C=O) groups is 3. The fourth-order valence-electron chi connectivity index (χ4n) is 6.12. The minimum absolute atomic E-state index is 0.00452. The van der Waals surface area contributed by atoms with Crippen LogP contribution in [0.15, 0.2) is 78.9 Å². The summed E-state index contributed by atoms with van der Waals surface area (Å²) < 4.78 is 11.7. The first-order valence-electron chi connectivity index (χ1n) is 14.7. The maximum Gasteiger partial charge on any atom is 0.407 e. The Labute approximate surface area is 246 Å². The number of nitrogens with one attached hydrogen (secondary N) is 2. The average Bonchev–Trinajstić information content (AvgIpc) is 3.34. The van der Waals surface area contributed by atoms with Crippen molar-refractivity contribution >= 4 is 18.0 Å². The molecular formula is C34H38N2O6. The van der Waals surface area contributed by atoms with Crippen molar-refractivity contribution in [1.29, 1.82) is 0 Å². The Balaban J connectivity index is 1.26. The van der Waals surface area contributed by atoms with Gasteiger partial charge < -0.3 is 25.2 Å². The number of hydrogen-bond acceptors (Lipinski definition) is 5. The summed E-state index contributed by atoms with van der Waals surface area (Å²) >= 11 is 0. The number of benzene rings is 3. The number of amides is 2. The number of alkyl carbamates (subject to hydrolysis) is 1. The van der Waals surface area contributed by atoms with E-state index in [-0.39, 0.29) is 25.7 Å². The second kappa shape index (κ2) is 13.2. The van der Waals surface area contributed by atoms with Crippen LogP contribution in [0, 0.1) is 5.41 Å². The summed E-state index contributed by atoms with van der Waals surface area (Å²) in [7, 11) is 0. The van der Waals surface area contributed by atoms with Crippen LogP contribution in [0.3, 0.4) is 0 Å². The lowest BCUT2D eigenvalue weighted by Gasteiger charge is -2.34. The summed E-state index contributed by atoms with van der Waals surface area (Å²) in [6.07, 6.45) is 2.16. The summed E-state index contributed by atoms with van der Waals surface area (Å²) in [6, 6.07) is 24.6. The molecule has 0 bridgehead atoms. The van der Waals surface area contributed by atoms with Crippen LogP contribution in [0.1, 0.15) is 61.6 Å². The third-order valence-corrected chi connectivity index (χ3v) is 8.59. The number of aliphatic carboxylic acids is 1. The molecule has 3 aromatic rings. The number of carbonyl (C=O) groups excluding carboxylic acids is 2. The maximum atomic E-state index is 13.5. The van der Waals surface area contributed by atoms with Crippen molar-refractivity contribution in [2.24, 2.45) is 5.41 Å². The highest BCUT2D eigenvalue weighted by Gasteiger charge is 2.41. The molecule has 42 heavy (non-hydrogen) atoms. The fraction of sp³-hybridized carbons (Fsp3) is 0.382. The van der Waals surface area contributed by atoms with Crippen LogP contribution < -0.4 is 10.6 Å². The van der Waals surface area contributed by atoms with Gasteiger partial charge >= 0.3 is 12.1 Å². The molecule has 0 unspecified atom stereocenters. The Morgan fingerprint density at radius 2 is 1.48 bits per heavy atom. The summed E-state index contributed by atoms with van der Waals surface area (Å²) in [5.74, 6) is -1.53. The predicted octanol–water partition coefficient (Wildman–Crippen LogP) is 5.65. The SMILES string of the molecule is C[C@H](OCc1ccccc1)[C@@H](NC(=O)OCC1c2ccccc2-c2ccccc21)C(=O)NCC1(C(=O)O)CCCCC1. The lowest BCUT2D eigenvalue weighted by Crippen LogP contribution is -2.55. The molecule has 0 saturated heterocycles. The molecule has 0 aromatic heterocycles. The molecule has 0 radical (unpaired) electrons.